The summed E-state index contributed by atoms with van der Waals surface area (Å²) in [5.74, 6) is 6.39. The number of fused-ring (bicyclic) bond motifs is 1. The van der Waals surface area contributed by atoms with Crippen molar-refractivity contribution in [2.24, 2.45) is 11.8 Å². The number of benzene rings is 2. The molecule has 0 saturated carbocycles. The zero-order chi connectivity index (χ0) is 13.8. The molecule has 0 aliphatic rings. The van der Waals surface area contributed by atoms with E-state index in [1.54, 1.807) is 0 Å². The maximum Gasteiger partial charge on any atom is 0.0462 e. The van der Waals surface area contributed by atoms with Gasteiger partial charge in [-0.2, -0.15) is 0 Å². The van der Waals surface area contributed by atoms with Crippen molar-refractivity contribution in [3.05, 3.63) is 46.4 Å². The van der Waals surface area contributed by atoms with Gasteiger partial charge in [0, 0.05) is 10.5 Å². The lowest BCUT2D eigenvalue weighted by Crippen LogP contribution is -2.29. The van der Waals surface area contributed by atoms with Crippen LogP contribution < -0.4 is 11.3 Å². The Balaban J connectivity index is 2.30. The second-order valence-electron chi connectivity index (χ2n) is 5.22. The van der Waals surface area contributed by atoms with Crippen LogP contribution in [0.2, 0.25) is 0 Å². The topological polar surface area (TPSA) is 38.0 Å². The monoisotopic (exact) mass is 320 g/mol. The van der Waals surface area contributed by atoms with Gasteiger partial charge in [0.1, 0.15) is 0 Å². The number of hydrazine groups is 1. The van der Waals surface area contributed by atoms with Gasteiger partial charge in [0.2, 0.25) is 0 Å². The van der Waals surface area contributed by atoms with E-state index in [-0.39, 0.29) is 6.04 Å². The van der Waals surface area contributed by atoms with E-state index in [2.05, 4.69) is 71.6 Å². The molecule has 2 rings (SSSR count). The Labute approximate surface area is 123 Å². The second kappa shape index (κ2) is 6.51. The molecule has 0 heterocycles. The third-order valence-corrected chi connectivity index (χ3v) is 4.26. The lowest BCUT2D eigenvalue weighted by Gasteiger charge is -2.20. The highest BCUT2D eigenvalue weighted by molar-refractivity contribution is 9.10. The minimum Gasteiger partial charge on any atom is -0.271 e. The SMILES string of the molecule is CCC(C)CC(NN)c1ccc2cc(Br)ccc2c1. The lowest BCUT2D eigenvalue weighted by molar-refractivity contribution is 0.408. The van der Waals surface area contributed by atoms with E-state index in [0.717, 1.165) is 10.9 Å². The number of nitrogens with two attached hydrogens (primary N) is 1. The van der Waals surface area contributed by atoms with Crippen molar-refractivity contribution in [1.82, 2.24) is 5.43 Å². The smallest absolute Gasteiger partial charge is 0.0462 e. The van der Waals surface area contributed by atoms with Gasteiger partial charge in [0.05, 0.1) is 0 Å². The highest BCUT2D eigenvalue weighted by Crippen LogP contribution is 2.27. The minimum atomic E-state index is 0.225. The number of hydrogen-bond donors (Lipinski definition) is 2. The van der Waals surface area contributed by atoms with Crippen molar-refractivity contribution < 1.29 is 0 Å². The molecule has 0 aromatic heterocycles. The first-order valence-electron chi connectivity index (χ1n) is 6.79. The Kier molecular flexibility index (Phi) is 4.97. The van der Waals surface area contributed by atoms with Crippen molar-refractivity contribution in [2.75, 3.05) is 0 Å². The summed E-state index contributed by atoms with van der Waals surface area (Å²) in [6.45, 7) is 4.48. The summed E-state index contributed by atoms with van der Waals surface area (Å²) in [6, 6.07) is 13.1. The molecule has 2 aromatic rings. The van der Waals surface area contributed by atoms with Crippen molar-refractivity contribution >= 4 is 26.7 Å². The van der Waals surface area contributed by atoms with Crippen LogP contribution in [0.1, 0.15) is 38.3 Å². The molecule has 2 nitrogen and oxygen atoms in total. The molecule has 102 valence electrons. The predicted octanol–water partition coefficient (Wildman–Crippen LogP) is 4.54. The average molecular weight is 321 g/mol. The standard InChI is InChI=1S/C16H21BrN2/c1-3-11(2)8-16(19-18)14-5-4-13-10-15(17)7-6-12(13)9-14/h4-7,9-11,16,19H,3,8,18H2,1-2H3. The molecular formula is C16H21BrN2. The van der Waals surface area contributed by atoms with Crippen LogP contribution in [0, 0.1) is 5.92 Å². The van der Waals surface area contributed by atoms with Gasteiger partial charge in [-0.25, -0.2) is 0 Å². The van der Waals surface area contributed by atoms with Crippen LogP contribution in [-0.2, 0) is 0 Å². The fourth-order valence-corrected chi connectivity index (χ4v) is 2.70. The van der Waals surface area contributed by atoms with E-state index in [1.807, 2.05) is 0 Å². The van der Waals surface area contributed by atoms with Gasteiger partial charge >= 0.3 is 0 Å². The highest BCUT2D eigenvalue weighted by atomic mass is 79.9. The van der Waals surface area contributed by atoms with Crippen LogP contribution in [0.5, 0.6) is 0 Å². The van der Waals surface area contributed by atoms with E-state index in [1.165, 1.54) is 22.8 Å². The van der Waals surface area contributed by atoms with E-state index in [0.29, 0.717) is 5.92 Å². The van der Waals surface area contributed by atoms with Gasteiger partial charge in [-0.15, -0.1) is 0 Å². The van der Waals surface area contributed by atoms with Crippen molar-refractivity contribution in [2.45, 2.75) is 32.7 Å². The van der Waals surface area contributed by atoms with Crippen molar-refractivity contribution in [3.8, 4) is 0 Å². The first-order valence-corrected chi connectivity index (χ1v) is 7.58. The van der Waals surface area contributed by atoms with Crippen LogP contribution in [-0.4, -0.2) is 0 Å². The molecule has 2 atom stereocenters. The molecule has 2 unspecified atom stereocenters. The van der Waals surface area contributed by atoms with Crippen molar-refractivity contribution in [3.63, 3.8) is 0 Å². The Morgan fingerprint density at radius 3 is 2.53 bits per heavy atom. The van der Waals surface area contributed by atoms with Crippen LogP contribution in [0.25, 0.3) is 10.8 Å². The number of nitrogens with one attached hydrogen (secondary N) is 1. The molecule has 0 bridgehead atoms. The van der Waals surface area contributed by atoms with E-state index in [9.17, 15) is 0 Å². The highest BCUT2D eigenvalue weighted by Gasteiger charge is 2.13. The van der Waals surface area contributed by atoms with Gasteiger partial charge in [-0.1, -0.05) is 54.4 Å². The Morgan fingerprint density at radius 2 is 1.84 bits per heavy atom. The molecule has 0 fully saturated rings. The third-order valence-electron chi connectivity index (χ3n) is 3.76. The third kappa shape index (κ3) is 3.56. The Hall–Kier alpha value is -0.900. The van der Waals surface area contributed by atoms with Crippen molar-refractivity contribution in [1.29, 1.82) is 0 Å². The van der Waals surface area contributed by atoms with Gasteiger partial charge in [-0.05, 0) is 46.9 Å². The molecule has 0 radical (unpaired) electrons. The van der Waals surface area contributed by atoms with Crippen LogP contribution >= 0.6 is 15.9 Å². The molecule has 0 aliphatic heterocycles. The van der Waals surface area contributed by atoms with Gasteiger partial charge in [-0.3, -0.25) is 11.3 Å². The Morgan fingerprint density at radius 1 is 1.16 bits per heavy atom. The summed E-state index contributed by atoms with van der Waals surface area (Å²) in [7, 11) is 0. The van der Waals surface area contributed by atoms with Crippen LogP contribution in [0.3, 0.4) is 0 Å². The fourth-order valence-electron chi connectivity index (χ4n) is 2.32. The zero-order valence-electron chi connectivity index (χ0n) is 11.5. The number of rotatable bonds is 5. The summed E-state index contributed by atoms with van der Waals surface area (Å²) in [6.07, 6.45) is 2.24. The molecule has 2 aromatic carbocycles. The molecule has 0 amide bonds. The number of hydrogen-bond acceptors (Lipinski definition) is 2. The normalized spacial score (nSPS) is 14.5. The predicted molar refractivity (Wildman–Crippen MR) is 85.8 cm³/mol. The number of halogens is 1. The summed E-state index contributed by atoms with van der Waals surface area (Å²) >= 11 is 3.50. The van der Waals surface area contributed by atoms with Gasteiger partial charge in [0.25, 0.3) is 0 Å². The quantitative estimate of drug-likeness (QED) is 0.626. The average Bonchev–Trinajstić information content (AvgIpc) is 2.43. The Bertz CT molecular complexity index is 553. The second-order valence-corrected chi connectivity index (χ2v) is 6.13. The fraction of sp³-hybridized carbons (Fsp3) is 0.375. The van der Waals surface area contributed by atoms with E-state index < -0.39 is 0 Å². The van der Waals surface area contributed by atoms with Gasteiger partial charge < -0.3 is 0 Å². The molecule has 0 saturated heterocycles. The summed E-state index contributed by atoms with van der Waals surface area (Å²) in [4.78, 5) is 0. The van der Waals surface area contributed by atoms with E-state index >= 15 is 0 Å². The molecule has 0 aliphatic carbocycles. The molecule has 3 heteroatoms. The summed E-state index contributed by atoms with van der Waals surface area (Å²) < 4.78 is 1.11. The summed E-state index contributed by atoms with van der Waals surface area (Å²) in [5, 5.41) is 2.50. The zero-order valence-corrected chi connectivity index (χ0v) is 13.1. The maximum absolute atomic E-state index is 5.72. The molecule has 3 N–H and O–H groups in total. The first kappa shape index (κ1) is 14.5. The van der Waals surface area contributed by atoms with E-state index in [4.69, 9.17) is 5.84 Å². The largest absolute Gasteiger partial charge is 0.271 e. The van der Waals surface area contributed by atoms with Gasteiger partial charge in [0.15, 0.2) is 0 Å². The maximum atomic E-state index is 5.72. The molecular weight excluding hydrogens is 300 g/mol. The minimum absolute atomic E-state index is 0.225. The lowest BCUT2D eigenvalue weighted by atomic mass is 9.93. The van der Waals surface area contributed by atoms with Crippen LogP contribution in [0.15, 0.2) is 40.9 Å². The molecule has 0 spiro atoms. The first-order chi connectivity index (χ1) is 9.13. The summed E-state index contributed by atoms with van der Waals surface area (Å²) in [5.41, 5.74) is 4.21. The molecule has 19 heavy (non-hydrogen) atoms. The van der Waals surface area contributed by atoms with Crippen LogP contribution in [0.4, 0.5) is 0 Å².